The van der Waals surface area contributed by atoms with E-state index in [0.29, 0.717) is 10.4 Å². The summed E-state index contributed by atoms with van der Waals surface area (Å²) >= 11 is 0. The van der Waals surface area contributed by atoms with E-state index in [1.165, 1.54) is 0 Å². The van der Waals surface area contributed by atoms with Crippen LogP contribution < -0.4 is 0 Å². The predicted octanol–water partition coefficient (Wildman–Crippen LogP) is -1.49. The zero-order valence-corrected chi connectivity index (χ0v) is 10.6. The fourth-order valence-corrected chi connectivity index (χ4v) is 3.89. The van der Waals surface area contributed by atoms with Gasteiger partial charge in [0.25, 0.3) is 0 Å². The molecule has 0 aromatic rings. The van der Waals surface area contributed by atoms with E-state index in [9.17, 15) is 0 Å². The Hall–Kier alpha value is 0.234. The van der Waals surface area contributed by atoms with E-state index in [1.807, 2.05) is 0 Å². The average Bonchev–Trinajstić information content (AvgIpc) is 2.08. The largest absolute Gasteiger partial charge is 0.615 e. The fourth-order valence-electron chi connectivity index (χ4n) is 0.747. The van der Waals surface area contributed by atoms with Gasteiger partial charge in [-0.05, 0) is 0 Å². The van der Waals surface area contributed by atoms with Gasteiger partial charge < -0.3 is 18.1 Å². The molecule has 0 saturated heterocycles. The fraction of sp³-hybridized carbons (Fsp3) is 1.00. The summed E-state index contributed by atoms with van der Waals surface area (Å²) in [5, 5.41) is 0. The Labute approximate surface area is 71.1 Å². The lowest BCUT2D eigenvalue weighted by atomic mass is 11.7. The molecule has 0 saturated carbocycles. The van der Waals surface area contributed by atoms with Gasteiger partial charge in [0.2, 0.25) is 0 Å². The van der Waals surface area contributed by atoms with E-state index < -0.39 is 8.97 Å². The van der Waals surface area contributed by atoms with E-state index >= 15 is 0 Å². The Morgan fingerprint density at radius 1 is 1.00 bits per heavy atom. The lowest BCUT2D eigenvalue weighted by molar-refractivity contribution is -0.0674. The molecule has 0 aliphatic heterocycles. The Balaban J connectivity index is 4.26. The molecule has 0 unspecified atom stereocenters. The second kappa shape index (κ2) is 4.98. The highest BCUT2D eigenvalue weighted by atomic mass is 28.4. The van der Waals surface area contributed by atoms with Crippen molar-refractivity contribution in [2.45, 2.75) is 0 Å². The van der Waals surface area contributed by atoms with E-state index in [1.54, 1.807) is 32.8 Å². The van der Waals surface area contributed by atoms with Gasteiger partial charge in [0, 0.05) is 21.3 Å². The van der Waals surface area contributed by atoms with Gasteiger partial charge in [-0.2, -0.15) is 4.39 Å². The molecule has 0 atom stereocenters. The number of nitrogens with zero attached hydrogens (tertiary/aromatic N) is 1. The minimum Gasteiger partial charge on any atom is -0.364 e. The molecule has 0 aromatic heterocycles. The molecule has 0 amide bonds. The van der Waals surface area contributed by atoms with Crippen molar-refractivity contribution in [1.82, 2.24) is 4.39 Å². The maximum atomic E-state index is 5.12. The minimum absolute atomic E-state index is 0.674. The molecule has 0 spiro atoms. The Bertz CT molecular complexity index is 102. The zero-order chi connectivity index (χ0) is 8.91. The van der Waals surface area contributed by atoms with Crippen LogP contribution in [-0.4, -0.2) is 52.2 Å². The Morgan fingerprint density at radius 2 is 1.36 bits per heavy atom. The second-order valence-electron chi connectivity index (χ2n) is 1.82. The second-order valence-corrected chi connectivity index (χ2v) is 6.43. The molecule has 7 heteroatoms. The Morgan fingerprint density at radius 3 is 1.45 bits per heavy atom. The van der Waals surface area contributed by atoms with Crippen molar-refractivity contribution in [3.63, 3.8) is 0 Å². The van der Waals surface area contributed by atoms with Crippen molar-refractivity contribution in [2.24, 2.45) is 0 Å². The van der Waals surface area contributed by atoms with Crippen LogP contribution in [0.25, 0.3) is 0 Å². The third-order valence-electron chi connectivity index (χ3n) is 1.43. The highest BCUT2D eigenvalue weighted by Crippen LogP contribution is 2.09. The molecule has 0 bridgehead atoms. The topological polar surface area (TPSA) is 40.2 Å². The summed E-state index contributed by atoms with van der Waals surface area (Å²) in [6, 6.07) is 0. The molecule has 68 valence electrons. The van der Waals surface area contributed by atoms with Crippen molar-refractivity contribution >= 4 is 19.4 Å². The van der Waals surface area contributed by atoms with Gasteiger partial charge in [-0.25, -0.2) is 0 Å². The predicted molar refractivity (Wildman–Crippen MR) is 45.6 cm³/mol. The SMILES string of the molecule is CON([SiH3])[Si](OC)(OC)OC. The van der Waals surface area contributed by atoms with Gasteiger partial charge in [0.15, 0.2) is 0 Å². The van der Waals surface area contributed by atoms with Crippen molar-refractivity contribution in [3.8, 4) is 0 Å². The van der Waals surface area contributed by atoms with Crippen molar-refractivity contribution in [2.75, 3.05) is 28.4 Å². The maximum absolute atomic E-state index is 5.12. The Kier molecular flexibility index (Phi) is 5.09. The van der Waals surface area contributed by atoms with E-state index in [0.717, 1.165) is 0 Å². The summed E-state index contributed by atoms with van der Waals surface area (Å²) in [5.41, 5.74) is 0. The van der Waals surface area contributed by atoms with Crippen molar-refractivity contribution in [3.05, 3.63) is 0 Å². The number of rotatable bonds is 5. The molecule has 0 N–H and O–H groups in total. The van der Waals surface area contributed by atoms with Gasteiger partial charge in [-0.3, -0.25) is 0 Å². The number of hydrogen-bond acceptors (Lipinski definition) is 5. The molecule has 0 aliphatic carbocycles. The van der Waals surface area contributed by atoms with Crippen molar-refractivity contribution < 1.29 is 18.1 Å². The van der Waals surface area contributed by atoms with Gasteiger partial charge in [0.05, 0.1) is 7.11 Å². The zero-order valence-electron chi connectivity index (χ0n) is 7.58. The van der Waals surface area contributed by atoms with Gasteiger partial charge in [-0.15, -0.1) is 0 Å². The molecular formula is C4H15NO4Si2. The van der Waals surface area contributed by atoms with Gasteiger partial charge in [0.1, 0.15) is 10.4 Å². The molecule has 0 rings (SSSR count). The first-order valence-electron chi connectivity index (χ1n) is 3.10. The summed E-state index contributed by atoms with van der Waals surface area (Å²) in [5.74, 6) is 0. The van der Waals surface area contributed by atoms with Crippen LogP contribution in [0.3, 0.4) is 0 Å². The third kappa shape index (κ3) is 2.34. The quantitative estimate of drug-likeness (QED) is 0.396. The normalized spacial score (nSPS) is 12.8. The van der Waals surface area contributed by atoms with Crippen LogP contribution in [0, 0.1) is 0 Å². The van der Waals surface area contributed by atoms with Gasteiger partial charge >= 0.3 is 8.97 Å². The molecule has 0 radical (unpaired) electrons. The first-order valence-corrected chi connectivity index (χ1v) is 5.67. The molecule has 11 heavy (non-hydrogen) atoms. The van der Waals surface area contributed by atoms with Crippen LogP contribution in [0.4, 0.5) is 0 Å². The summed E-state index contributed by atoms with van der Waals surface area (Å²) in [6.07, 6.45) is 0. The molecule has 0 aliphatic rings. The summed E-state index contributed by atoms with van der Waals surface area (Å²) in [6.45, 7) is 0. The summed E-state index contributed by atoms with van der Waals surface area (Å²) < 4.78 is 16.9. The van der Waals surface area contributed by atoms with E-state index in [4.69, 9.17) is 18.1 Å². The van der Waals surface area contributed by atoms with Crippen molar-refractivity contribution in [1.29, 1.82) is 0 Å². The monoisotopic (exact) mass is 197 g/mol. The summed E-state index contributed by atoms with van der Waals surface area (Å²) in [4.78, 5) is 4.97. The smallest absolute Gasteiger partial charge is 0.364 e. The van der Waals surface area contributed by atoms with Crippen LogP contribution in [0.15, 0.2) is 0 Å². The van der Waals surface area contributed by atoms with Crippen LogP contribution in [0.1, 0.15) is 0 Å². The van der Waals surface area contributed by atoms with E-state index in [-0.39, 0.29) is 0 Å². The standard InChI is InChI=1S/C4H15NO4Si2/c1-6-5(10)11(7-2,8-3)9-4/h1-4,10H3. The number of hydrogen-bond donors (Lipinski definition) is 0. The minimum atomic E-state index is -2.65. The van der Waals surface area contributed by atoms with E-state index in [2.05, 4.69) is 0 Å². The highest BCUT2D eigenvalue weighted by molar-refractivity contribution is 6.62. The molecular weight excluding hydrogens is 182 g/mol. The van der Waals surface area contributed by atoms with Gasteiger partial charge in [-0.1, -0.05) is 0 Å². The lowest BCUT2D eigenvalue weighted by Crippen LogP contribution is -2.57. The lowest BCUT2D eigenvalue weighted by Gasteiger charge is -2.30. The third-order valence-corrected chi connectivity index (χ3v) is 5.94. The van der Waals surface area contributed by atoms with Crippen LogP contribution in [-0.2, 0) is 18.1 Å². The molecule has 0 heterocycles. The summed E-state index contributed by atoms with van der Waals surface area (Å²) in [7, 11) is 4.22. The van der Waals surface area contributed by atoms with Crippen LogP contribution in [0.5, 0.6) is 0 Å². The van der Waals surface area contributed by atoms with Crippen LogP contribution >= 0.6 is 0 Å². The molecule has 5 nitrogen and oxygen atoms in total. The average molecular weight is 197 g/mol. The maximum Gasteiger partial charge on any atom is 0.615 e. The first kappa shape index (κ1) is 11.2. The highest BCUT2D eigenvalue weighted by Gasteiger charge is 2.44. The van der Waals surface area contributed by atoms with Crippen LogP contribution in [0.2, 0.25) is 0 Å². The molecule has 0 aromatic carbocycles. The first-order chi connectivity index (χ1) is 5.16. The molecule has 0 fully saturated rings.